The number of rotatable bonds is 0. The minimum Gasteiger partial charge on any atom is -0.0620 e. The minimum absolute atomic E-state index is 0.349. The molecule has 1 spiro atoms. The first-order valence-electron chi connectivity index (χ1n) is 12.9. The average Bonchev–Trinajstić information content (AvgIpc) is 3.18. The monoisotopic (exact) mass is 458 g/mol. The molecule has 1 atom stereocenters. The molecule has 0 aromatic heterocycles. The maximum Gasteiger partial charge on any atom is 0.0731 e. The van der Waals surface area contributed by atoms with E-state index in [4.69, 9.17) is 0 Å². The third-order valence-electron chi connectivity index (χ3n) is 8.61. The van der Waals surface area contributed by atoms with E-state index in [1.165, 1.54) is 77.2 Å². The molecule has 36 heavy (non-hydrogen) atoms. The predicted octanol–water partition coefficient (Wildman–Crippen LogP) is 8.88. The van der Waals surface area contributed by atoms with Gasteiger partial charge in [-0.2, -0.15) is 0 Å². The van der Waals surface area contributed by atoms with Crippen LogP contribution < -0.4 is 0 Å². The maximum absolute atomic E-state index is 2.42. The SMILES string of the molecule is Cc1ccc2c(c1)-c1ccc3cc(C)ccc3c1C21c2ccccc2Cc2ccc3ccccc3c21. The number of fused-ring (bicyclic) bond motifs is 13. The second-order valence-corrected chi connectivity index (χ2v) is 10.7. The molecule has 0 amide bonds. The summed E-state index contributed by atoms with van der Waals surface area (Å²) in [6.07, 6.45) is 0.971. The van der Waals surface area contributed by atoms with E-state index in [9.17, 15) is 0 Å². The predicted molar refractivity (Wildman–Crippen MR) is 151 cm³/mol. The van der Waals surface area contributed by atoms with Crippen LogP contribution in [-0.2, 0) is 11.8 Å². The Morgan fingerprint density at radius 3 is 2.19 bits per heavy atom. The molecule has 8 rings (SSSR count). The van der Waals surface area contributed by atoms with Crippen molar-refractivity contribution in [3.8, 4) is 11.1 Å². The van der Waals surface area contributed by atoms with Gasteiger partial charge < -0.3 is 0 Å². The van der Waals surface area contributed by atoms with Crippen LogP contribution in [0.4, 0.5) is 0 Å². The van der Waals surface area contributed by atoms with Crippen LogP contribution >= 0.6 is 0 Å². The summed E-state index contributed by atoms with van der Waals surface area (Å²) in [7, 11) is 0. The summed E-state index contributed by atoms with van der Waals surface area (Å²) in [4.78, 5) is 0. The summed E-state index contributed by atoms with van der Waals surface area (Å²) in [6, 6.07) is 41.7. The van der Waals surface area contributed by atoms with Gasteiger partial charge in [0.15, 0.2) is 0 Å². The second-order valence-electron chi connectivity index (χ2n) is 10.7. The van der Waals surface area contributed by atoms with Gasteiger partial charge in [0.2, 0.25) is 0 Å². The van der Waals surface area contributed by atoms with Crippen LogP contribution in [0.15, 0.2) is 109 Å². The Bertz CT molecular complexity index is 1890. The van der Waals surface area contributed by atoms with Gasteiger partial charge in [-0.3, -0.25) is 0 Å². The van der Waals surface area contributed by atoms with Crippen LogP contribution in [0.2, 0.25) is 0 Å². The van der Waals surface area contributed by atoms with E-state index in [1.807, 2.05) is 0 Å². The van der Waals surface area contributed by atoms with Gasteiger partial charge in [-0.15, -0.1) is 0 Å². The smallest absolute Gasteiger partial charge is 0.0620 e. The fraction of sp³-hybridized carbons (Fsp3) is 0.111. The Balaban J connectivity index is 1.68. The molecule has 0 fully saturated rings. The number of aryl methyl sites for hydroxylation is 2. The number of benzene rings is 6. The van der Waals surface area contributed by atoms with Crippen molar-refractivity contribution >= 4 is 21.5 Å². The van der Waals surface area contributed by atoms with Crippen LogP contribution in [0.25, 0.3) is 32.7 Å². The summed E-state index contributed by atoms with van der Waals surface area (Å²) in [5.74, 6) is 0. The molecule has 2 aliphatic rings. The van der Waals surface area contributed by atoms with E-state index in [0.717, 1.165) is 6.42 Å². The van der Waals surface area contributed by atoms with Crippen molar-refractivity contribution in [1.82, 2.24) is 0 Å². The van der Waals surface area contributed by atoms with Crippen molar-refractivity contribution in [3.05, 3.63) is 154 Å². The van der Waals surface area contributed by atoms with Crippen molar-refractivity contribution in [3.63, 3.8) is 0 Å². The van der Waals surface area contributed by atoms with Crippen LogP contribution in [0.3, 0.4) is 0 Å². The van der Waals surface area contributed by atoms with Crippen LogP contribution in [0.5, 0.6) is 0 Å². The average molecular weight is 459 g/mol. The summed E-state index contributed by atoms with van der Waals surface area (Å²) in [5, 5.41) is 5.37. The van der Waals surface area contributed by atoms with E-state index < -0.39 is 0 Å². The molecule has 0 nitrogen and oxygen atoms in total. The molecular formula is C36H26. The summed E-state index contributed by atoms with van der Waals surface area (Å²) in [5.41, 5.74) is 13.7. The highest BCUT2D eigenvalue weighted by Crippen LogP contribution is 2.62. The first-order valence-corrected chi connectivity index (χ1v) is 12.9. The normalized spacial score (nSPS) is 17.2. The number of hydrogen-bond donors (Lipinski definition) is 0. The zero-order chi connectivity index (χ0) is 24.0. The second kappa shape index (κ2) is 6.95. The van der Waals surface area contributed by atoms with Crippen LogP contribution in [0.1, 0.15) is 44.5 Å². The Morgan fingerprint density at radius 2 is 1.25 bits per heavy atom. The van der Waals surface area contributed by atoms with Crippen LogP contribution in [0, 0.1) is 13.8 Å². The first-order chi connectivity index (χ1) is 17.7. The van der Waals surface area contributed by atoms with Gasteiger partial charge in [0.1, 0.15) is 0 Å². The molecule has 2 aliphatic carbocycles. The molecule has 0 heteroatoms. The quantitative estimate of drug-likeness (QED) is 0.213. The fourth-order valence-electron chi connectivity index (χ4n) is 7.25. The highest BCUT2D eigenvalue weighted by atomic mass is 14.5. The van der Waals surface area contributed by atoms with E-state index in [1.54, 1.807) is 0 Å². The van der Waals surface area contributed by atoms with E-state index >= 15 is 0 Å². The Hall–Kier alpha value is -4.16. The lowest BCUT2D eigenvalue weighted by Gasteiger charge is -2.41. The topological polar surface area (TPSA) is 0 Å². The molecule has 0 saturated carbocycles. The molecule has 170 valence electrons. The van der Waals surface area contributed by atoms with Gasteiger partial charge in [0, 0.05) is 0 Å². The highest BCUT2D eigenvalue weighted by Gasteiger charge is 2.51. The fourth-order valence-corrected chi connectivity index (χ4v) is 7.25. The van der Waals surface area contributed by atoms with Crippen molar-refractivity contribution < 1.29 is 0 Å². The summed E-state index contributed by atoms with van der Waals surface area (Å²) < 4.78 is 0. The van der Waals surface area contributed by atoms with Crippen molar-refractivity contribution in [2.75, 3.05) is 0 Å². The molecule has 0 N–H and O–H groups in total. The van der Waals surface area contributed by atoms with Crippen molar-refractivity contribution in [2.24, 2.45) is 0 Å². The molecular weight excluding hydrogens is 432 g/mol. The van der Waals surface area contributed by atoms with Gasteiger partial charge >= 0.3 is 0 Å². The van der Waals surface area contributed by atoms with Crippen LogP contribution in [-0.4, -0.2) is 0 Å². The summed E-state index contributed by atoms with van der Waals surface area (Å²) >= 11 is 0. The first kappa shape index (κ1) is 20.1. The third-order valence-corrected chi connectivity index (χ3v) is 8.61. The Morgan fingerprint density at radius 1 is 0.500 bits per heavy atom. The minimum atomic E-state index is -0.349. The van der Waals surface area contributed by atoms with E-state index in [-0.39, 0.29) is 5.41 Å². The highest BCUT2D eigenvalue weighted by molar-refractivity contribution is 6.03. The molecule has 0 radical (unpaired) electrons. The van der Waals surface area contributed by atoms with Crippen molar-refractivity contribution in [1.29, 1.82) is 0 Å². The van der Waals surface area contributed by atoms with Gasteiger partial charge in [-0.25, -0.2) is 0 Å². The van der Waals surface area contributed by atoms with Gasteiger partial charge in [-0.05, 0) is 86.3 Å². The molecule has 0 bridgehead atoms. The zero-order valence-electron chi connectivity index (χ0n) is 20.6. The maximum atomic E-state index is 2.42. The van der Waals surface area contributed by atoms with Gasteiger partial charge in [-0.1, -0.05) is 120 Å². The third kappa shape index (κ3) is 2.39. The van der Waals surface area contributed by atoms with E-state index in [0.29, 0.717) is 0 Å². The molecule has 1 unspecified atom stereocenters. The van der Waals surface area contributed by atoms with Crippen molar-refractivity contribution in [2.45, 2.75) is 25.7 Å². The zero-order valence-corrected chi connectivity index (χ0v) is 20.6. The van der Waals surface area contributed by atoms with Gasteiger partial charge in [0.25, 0.3) is 0 Å². The largest absolute Gasteiger partial charge is 0.0731 e. The lowest BCUT2D eigenvalue weighted by atomic mass is 9.60. The number of hydrogen-bond acceptors (Lipinski definition) is 0. The van der Waals surface area contributed by atoms with E-state index in [2.05, 4.69) is 123 Å². The molecule has 6 aromatic carbocycles. The molecule has 6 aromatic rings. The Kier molecular flexibility index (Phi) is 3.88. The lowest BCUT2D eigenvalue weighted by molar-refractivity contribution is 0.735. The standard InChI is InChI=1S/C36H26/c1-22-11-16-29-25(19-22)15-17-30-31-20-23(2)12-18-33(31)36(35(29)30)32-10-6-4-8-26(32)21-27-14-13-24-7-3-5-9-28(24)34(27)36/h3-20H,21H2,1-2H3. The summed E-state index contributed by atoms with van der Waals surface area (Å²) in [6.45, 7) is 4.41. The molecule has 0 heterocycles. The molecule has 0 saturated heterocycles. The van der Waals surface area contributed by atoms with Gasteiger partial charge in [0.05, 0.1) is 5.41 Å². The molecule has 0 aliphatic heterocycles. The lowest BCUT2D eigenvalue weighted by Crippen LogP contribution is -2.34. The Labute approximate surface area is 211 Å².